The molecule has 0 fully saturated rings. The van der Waals surface area contributed by atoms with Crippen molar-refractivity contribution in [1.82, 2.24) is 0 Å². The first-order valence-electron chi connectivity index (χ1n) is 16.2. The van der Waals surface area contributed by atoms with Gasteiger partial charge in [-0.3, -0.25) is 9.59 Å². The molecule has 0 saturated heterocycles. The van der Waals surface area contributed by atoms with Crippen LogP contribution in [0.5, 0.6) is 0 Å². The summed E-state index contributed by atoms with van der Waals surface area (Å²) in [5, 5.41) is 47.6. The van der Waals surface area contributed by atoms with Crippen molar-refractivity contribution in [2.75, 3.05) is 6.61 Å². The maximum absolute atomic E-state index is 12.7. The van der Waals surface area contributed by atoms with Crippen molar-refractivity contribution in [2.24, 2.45) is 17.8 Å². The molecule has 42 heavy (non-hydrogen) atoms. The minimum absolute atomic E-state index is 0.124. The van der Waals surface area contributed by atoms with Crippen LogP contribution in [-0.4, -0.2) is 74.3 Å². The van der Waals surface area contributed by atoms with Crippen LogP contribution in [0.15, 0.2) is 11.6 Å². The molecule has 0 heterocycles. The number of ketones is 1. The third-order valence-corrected chi connectivity index (χ3v) is 7.94. The number of Topliss-reactive ketones (excluding diaryl/α,β-unsaturated/α-hetero) is 1. The summed E-state index contributed by atoms with van der Waals surface area (Å²) in [6.07, 6.45) is 12.9. The lowest BCUT2D eigenvalue weighted by atomic mass is 9.89. The lowest BCUT2D eigenvalue weighted by Gasteiger charge is -2.21. The summed E-state index contributed by atoms with van der Waals surface area (Å²) < 4.78 is 4.86. The number of aliphatic hydroxyl groups is 4. The van der Waals surface area contributed by atoms with E-state index >= 15 is 0 Å². The number of hydrogen-bond donors (Lipinski definition) is 5. The van der Waals surface area contributed by atoms with Crippen molar-refractivity contribution in [3.8, 4) is 0 Å². The maximum Gasteiger partial charge on any atom is 0.335 e. The largest absolute Gasteiger partial charge is 0.479 e. The molecule has 7 unspecified atom stereocenters. The Balaban J connectivity index is 4.23. The standard InChI is InChI=1S/C33H60O9/c1-6-7-8-9-10-11-12-13-14-18-27(34)19-16-15-17-23(2)20-24(3)21-25(4)29(36)26(5)33(41)42-22-28(35)30(37)31(38)32(39)40/h21,23-24,26-28,30-31,34-35,37-38H,6-20,22H2,1-5H3,(H,39,40)/b25-21+. The third-order valence-electron chi connectivity index (χ3n) is 7.94. The van der Waals surface area contributed by atoms with Gasteiger partial charge in [0.2, 0.25) is 0 Å². The third kappa shape index (κ3) is 18.7. The number of rotatable bonds is 26. The molecular formula is C33H60O9. The van der Waals surface area contributed by atoms with Crippen LogP contribution in [-0.2, 0) is 19.1 Å². The summed E-state index contributed by atoms with van der Waals surface area (Å²) in [5.74, 6) is -3.62. The SMILES string of the molecule is CCCCCCCCCCCC(O)CCCCC(C)CC(C)/C=C(\C)C(=O)C(C)C(=O)OCC(O)C(O)C(O)C(=O)O. The number of carbonyl (C=O) groups is 3. The zero-order valence-corrected chi connectivity index (χ0v) is 26.8. The highest BCUT2D eigenvalue weighted by Gasteiger charge is 2.32. The summed E-state index contributed by atoms with van der Waals surface area (Å²) in [6, 6.07) is 0. The first-order valence-corrected chi connectivity index (χ1v) is 16.2. The Kier molecular flexibility index (Phi) is 22.6. The normalized spacial score (nSPS) is 17.1. The quantitative estimate of drug-likeness (QED) is 0.0381. The van der Waals surface area contributed by atoms with Crippen molar-refractivity contribution in [3.05, 3.63) is 11.6 Å². The molecule has 0 bridgehead atoms. The number of esters is 1. The molecular weight excluding hydrogens is 540 g/mol. The average Bonchev–Trinajstić information content (AvgIpc) is 2.95. The second-order valence-electron chi connectivity index (χ2n) is 12.3. The van der Waals surface area contributed by atoms with Crippen molar-refractivity contribution in [1.29, 1.82) is 0 Å². The fourth-order valence-corrected chi connectivity index (χ4v) is 5.23. The molecule has 9 heteroatoms. The molecule has 246 valence electrons. The Morgan fingerprint density at radius 2 is 1.26 bits per heavy atom. The van der Waals surface area contributed by atoms with E-state index in [0.29, 0.717) is 11.5 Å². The highest BCUT2D eigenvalue weighted by Crippen LogP contribution is 2.22. The Hall–Kier alpha value is -1.81. The molecule has 0 aromatic carbocycles. The number of unbranched alkanes of at least 4 members (excludes halogenated alkanes) is 9. The molecule has 0 aromatic heterocycles. The first kappa shape index (κ1) is 40.2. The van der Waals surface area contributed by atoms with Crippen LogP contribution in [0.1, 0.15) is 131 Å². The van der Waals surface area contributed by atoms with Crippen LogP contribution in [0.2, 0.25) is 0 Å². The van der Waals surface area contributed by atoms with Gasteiger partial charge in [-0.25, -0.2) is 4.79 Å². The lowest BCUT2D eigenvalue weighted by Crippen LogP contribution is -2.44. The van der Waals surface area contributed by atoms with Gasteiger partial charge in [-0.2, -0.15) is 0 Å². The van der Waals surface area contributed by atoms with Gasteiger partial charge in [-0.05, 0) is 50.5 Å². The lowest BCUT2D eigenvalue weighted by molar-refractivity contribution is -0.164. The summed E-state index contributed by atoms with van der Waals surface area (Å²) in [6.45, 7) is 8.72. The Labute approximate surface area is 253 Å². The van der Waals surface area contributed by atoms with E-state index in [1.807, 2.05) is 13.0 Å². The Bertz CT molecular complexity index is 781. The van der Waals surface area contributed by atoms with Crippen LogP contribution >= 0.6 is 0 Å². The van der Waals surface area contributed by atoms with Gasteiger partial charge in [-0.15, -0.1) is 0 Å². The molecule has 0 aromatic rings. The van der Waals surface area contributed by atoms with E-state index in [4.69, 9.17) is 9.84 Å². The van der Waals surface area contributed by atoms with Crippen LogP contribution in [0.3, 0.4) is 0 Å². The summed E-state index contributed by atoms with van der Waals surface area (Å²) in [4.78, 5) is 35.7. The number of carboxylic acids is 1. The van der Waals surface area contributed by atoms with E-state index in [9.17, 15) is 34.8 Å². The second-order valence-corrected chi connectivity index (χ2v) is 12.3. The van der Waals surface area contributed by atoms with Gasteiger partial charge in [0.25, 0.3) is 0 Å². The number of carboxylic acid groups (broad SMARTS) is 1. The summed E-state index contributed by atoms with van der Waals surface area (Å²) in [7, 11) is 0. The molecule has 0 aliphatic rings. The molecule has 0 radical (unpaired) electrons. The molecule has 0 aliphatic heterocycles. The highest BCUT2D eigenvalue weighted by molar-refractivity contribution is 6.07. The maximum atomic E-state index is 12.7. The highest BCUT2D eigenvalue weighted by atomic mass is 16.5. The van der Waals surface area contributed by atoms with Gasteiger partial charge >= 0.3 is 11.9 Å². The molecule has 0 rings (SSSR count). The number of allylic oxidation sites excluding steroid dienone is 2. The number of ether oxygens (including phenoxy) is 1. The van der Waals surface area contributed by atoms with Gasteiger partial charge in [-0.1, -0.05) is 104 Å². The Morgan fingerprint density at radius 3 is 1.81 bits per heavy atom. The Morgan fingerprint density at radius 1 is 0.762 bits per heavy atom. The van der Waals surface area contributed by atoms with Gasteiger partial charge in [0.1, 0.15) is 24.7 Å². The van der Waals surface area contributed by atoms with Crippen LogP contribution in [0.25, 0.3) is 0 Å². The molecule has 0 saturated carbocycles. The molecule has 5 N–H and O–H groups in total. The van der Waals surface area contributed by atoms with E-state index in [-0.39, 0.29) is 12.0 Å². The van der Waals surface area contributed by atoms with E-state index in [0.717, 1.165) is 44.9 Å². The minimum Gasteiger partial charge on any atom is -0.479 e. The smallest absolute Gasteiger partial charge is 0.335 e. The summed E-state index contributed by atoms with van der Waals surface area (Å²) in [5.41, 5.74) is 0.431. The van der Waals surface area contributed by atoms with Gasteiger partial charge < -0.3 is 30.3 Å². The van der Waals surface area contributed by atoms with E-state index in [1.165, 1.54) is 58.3 Å². The molecule has 0 aliphatic carbocycles. The van der Waals surface area contributed by atoms with Crippen molar-refractivity contribution >= 4 is 17.7 Å². The molecule has 0 amide bonds. The monoisotopic (exact) mass is 600 g/mol. The number of hydrogen-bond acceptors (Lipinski definition) is 8. The fraction of sp³-hybridized carbons (Fsp3) is 0.848. The first-order chi connectivity index (χ1) is 19.8. The van der Waals surface area contributed by atoms with Crippen LogP contribution < -0.4 is 0 Å². The second kappa shape index (κ2) is 23.6. The zero-order chi connectivity index (χ0) is 32.1. The molecule has 9 nitrogen and oxygen atoms in total. The van der Waals surface area contributed by atoms with Crippen LogP contribution in [0, 0.1) is 17.8 Å². The van der Waals surface area contributed by atoms with Gasteiger partial charge in [0.05, 0.1) is 6.10 Å². The zero-order valence-electron chi connectivity index (χ0n) is 26.8. The van der Waals surface area contributed by atoms with Gasteiger partial charge in [0, 0.05) is 0 Å². The minimum atomic E-state index is -2.23. The van der Waals surface area contributed by atoms with Crippen molar-refractivity contribution in [2.45, 2.75) is 155 Å². The van der Waals surface area contributed by atoms with Gasteiger partial charge in [0.15, 0.2) is 11.9 Å². The predicted octanol–water partition coefficient (Wildman–Crippen LogP) is 5.35. The topological polar surface area (TPSA) is 162 Å². The molecule has 0 spiro atoms. The number of aliphatic carboxylic acids is 1. The number of carbonyl (C=O) groups excluding carboxylic acids is 2. The summed E-state index contributed by atoms with van der Waals surface area (Å²) >= 11 is 0. The van der Waals surface area contributed by atoms with Crippen molar-refractivity contribution in [3.63, 3.8) is 0 Å². The molecule has 7 atom stereocenters. The average molecular weight is 601 g/mol. The van der Waals surface area contributed by atoms with E-state index in [2.05, 4.69) is 13.8 Å². The number of aliphatic hydroxyl groups excluding tert-OH is 4. The predicted molar refractivity (Wildman–Crippen MR) is 164 cm³/mol. The van der Waals surface area contributed by atoms with Crippen molar-refractivity contribution < 1.29 is 44.7 Å². The van der Waals surface area contributed by atoms with Crippen LogP contribution in [0.4, 0.5) is 0 Å². The van der Waals surface area contributed by atoms with E-state index in [1.54, 1.807) is 6.92 Å². The fourth-order valence-electron chi connectivity index (χ4n) is 5.23. The van der Waals surface area contributed by atoms with E-state index < -0.39 is 48.6 Å².